The summed E-state index contributed by atoms with van der Waals surface area (Å²) in [6.07, 6.45) is -0.191. The van der Waals surface area contributed by atoms with Gasteiger partial charge in [0.15, 0.2) is 6.61 Å². The van der Waals surface area contributed by atoms with Crippen molar-refractivity contribution in [3.63, 3.8) is 0 Å². The molecule has 1 aliphatic heterocycles. The molecule has 140 valence electrons. The number of anilines is 2. The Hall–Kier alpha value is -2.58. The SMILES string of the molecule is O=C(COC(=O)C[C@@H]1Sc2ccccc2NC1=O)Nc1cc(Cl)ccc1F. The number of amides is 2. The number of ether oxygens (including phenoxy) is 1. The van der Waals surface area contributed by atoms with Crippen molar-refractivity contribution in [2.45, 2.75) is 16.6 Å². The van der Waals surface area contributed by atoms with Crippen LogP contribution in [-0.4, -0.2) is 29.6 Å². The third-order valence-electron chi connectivity index (χ3n) is 3.63. The molecule has 0 radical (unpaired) electrons. The second-order valence-electron chi connectivity index (χ2n) is 5.63. The number of carbonyl (C=O) groups excluding carboxylic acids is 3. The molecule has 2 amide bonds. The van der Waals surface area contributed by atoms with Gasteiger partial charge in [0.2, 0.25) is 5.91 Å². The van der Waals surface area contributed by atoms with E-state index in [0.29, 0.717) is 5.69 Å². The number of hydrogen-bond acceptors (Lipinski definition) is 5. The molecule has 2 aromatic carbocycles. The second-order valence-corrected chi connectivity index (χ2v) is 7.31. The number of fused-ring (bicyclic) bond motifs is 1. The van der Waals surface area contributed by atoms with Gasteiger partial charge in [0.05, 0.1) is 23.0 Å². The van der Waals surface area contributed by atoms with Gasteiger partial charge in [0.1, 0.15) is 5.82 Å². The first kappa shape index (κ1) is 19.2. The van der Waals surface area contributed by atoms with Crippen LogP contribution < -0.4 is 10.6 Å². The van der Waals surface area contributed by atoms with Gasteiger partial charge in [-0.3, -0.25) is 14.4 Å². The van der Waals surface area contributed by atoms with Crippen molar-refractivity contribution in [1.29, 1.82) is 0 Å². The average molecular weight is 409 g/mol. The Bertz CT molecular complexity index is 909. The molecular weight excluding hydrogens is 395 g/mol. The summed E-state index contributed by atoms with van der Waals surface area (Å²) in [5, 5.41) is 4.60. The first-order valence-electron chi connectivity index (χ1n) is 7.89. The molecule has 0 aromatic heterocycles. The lowest BCUT2D eigenvalue weighted by atomic mass is 10.2. The summed E-state index contributed by atoms with van der Waals surface area (Å²) >= 11 is 7.00. The Morgan fingerprint density at radius 1 is 1.26 bits per heavy atom. The van der Waals surface area contributed by atoms with Gasteiger partial charge in [-0.15, -0.1) is 11.8 Å². The van der Waals surface area contributed by atoms with Crippen LogP contribution in [0, 0.1) is 5.82 Å². The van der Waals surface area contributed by atoms with Crippen LogP contribution in [0.2, 0.25) is 5.02 Å². The highest BCUT2D eigenvalue weighted by Crippen LogP contribution is 2.36. The number of benzene rings is 2. The number of nitrogens with one attached hydrogen (secondary N) is 2. The van der Waals surface area contributed by atoms with E-state index in [4.69, 9.17) is 16.3 Å². The van der Waals surface area contributed by atoms with E-state index < -0.39 is 29.6 Å². The van der Waals surface area contributed by atoms with Crippen molar-refractivity contribution in [3.05, 3.63) is 53.3 Å². The average Bonchev–Trinajstić information content (AvgIpc) is 2.64. The van der Waals surface area contributed by atoms with Crippen LogP contribution in [0.4, 0.5) is 15.8 Å². The predicted molar refractivity (Wildman–Crippen MR) is 100 cm³/mol. The Labute approximate surface area is 163 Å². The lowest BCUT2D eigenvalue weighted by molar-refractivity contribution is -0.147. The molecule has 1 aliphatic rings. The largest absolute Gasteiger partial charge is 0.456 e. The summed E-state index contributed by atoms with van der Waals surface area (Å²) in [5.41, 5.74) is 0.586. The highest BCUT2D eigenvalue weighted by atomic mass is 35.5. The summed E-state index contributed by atoms with van der Waals surface area (Å²) < 4.78 is 18.5. The Balaban J connectivity index is 1.50. The highest BCUT2D eigenvalue weighted by Gasteiger charge is 2.29. The maximum Gasteiger partial charge on any atom is 0.307 e. The minimum absolute atomic E-state index is 0.109. The molecule has 0 fully saturated rings. The van der Waals surface area contributed by atoms with Crippen molar-refractivity contribution in [1.82, 2.24) is 0 Å². The van der Waals surface area contributed by atoms with Gasteiger partial charge < -0.3 is 15.4 Å². The van der Waals surface area contributed by atoms with Gasteiger partial charge in [-0.2, -0.15) is 0 Å². The van der Waals surface area contributed by atoms with Crippen LogP contribution in [0.15, 0.2) is 47.4 Å². The van der Waals surface area contributed by atoms with Crippen molar-refractivity contribution >= 4 is 52.5 Å². The van der Waals surface area contributed by atoms with E-state index in [1.54, 1.807) is 12.1 Å². The molecule has 0 unspecified atom stereocenters. The molecular formula is C18H14ClFN2O4S. The van der Waals surface area contributed by atoms with Crippen LogP contribution in [0.5, 0.6) is 0 Å². The van der Waals surface area contributed by atoms with Gasteiger partial charge in [0, 0.05) is 9.92 Å². The third kappa shape index (κ3) is 4.99. The number of thioether (sulfide) groups is 1. The van der Waals surface area contributed by atoms with Crippen LogP contribution >= 0.6 is 23.4 Å². The summed E-state index contributed by atoms with van der Waals surface area (Å²) in [6, 6.07) is 10.9. The fraction of sp³-hybridized carbons (Fsp3) is 0.167. The zero-order chi connectivity index (χ0) is 19.4. The zero-order valence-electron chi connectivity index (χ0n) is 13.8. The number of rotatable bonds is 5. The quantitative estimate of drug-likeness (QED) is 0.740. The third-order valence-corrected chi connectivity index (χ3v) is 5.14. The monoisotopic (exact) mass is 408 g/mol. The molecule has 0 saturated carbocycles. The van der Waals surface area contributed by atoms with E-state index in [2.05, 4.69) is 10.6 Å². The van der Waals surface area contributed by atoms with Crippen molar-refractivity contribution in [2.24, 2.45) is 0 Å². The van der Waals surface area contributed by atoms with Gasteiger partial charge >= 0.3 is 5.97 Å². The number of para-hydroxylation sites is 1. The lowest BCUT2D eigenvalue weighted by Gasteiger charge is -2.23. The van der Waals surface area contributed by atoms with Crippen molar-refractivity contribution < 1.29 is 23.5 Å². The normalized spacial score (nSPS) is 15.5. The molecule has 3 rings (SSSR count). The Morgan fingerprint density at radius 2 is 2.04 bits per heavy atom. The molecule has 1 atom stereocenters. The van der Waals surface area contributed by atoms with Crippen LogP contribution in [0.25, 0.3) is 0 Å². The standard InChI is InChI=1S/C18H14ClFN2O4S/c19-10-5-6-11(20)13(7-10)21-16(23)9-26-17(24)8-15-18(25)22-12-3-1-2-4-14(12)27-15/h1-7,15H,8-9H2,(H,21,23)(H,22,25)/t15-/m0/s1. The fourth-order valence-electron chi connectivity index (χ4n) is 2.36. The van der Waals surface area contributed by atoms with Gasteiger partial charge in [-0.25, -0.2) is 4.39 Å². The Morgan fingerprint density at radius 3 is 2.85 bits per heavy atom. The summed E-state index contributed by atoms with van der Waals surface area (Å²) in [4.78, 5) is 36.7. The summed E-state index contributed by atoms with van der Waals surface area (Å²) in [5.74, 6) is -2.38. The van der Waals surface area contributed by atoms with Crippen molar-refractivity contribution in [2.75, 3.05) is 17.2 Å². The van der Waals surface area contributed by atoms with Crippen LogP contribution in [0.1, 0.15) is 6.42 Å². The molecule has 0 saturated heterocycles. The van der Waals surface area contributed by atoms with Crippen molar-refractivity contribution in [3.8, 4) is 0 Å². The van der Waals surface area contributed by atoms with Gasteiger partial charge in [-0.05, 0) is 30.3 Å². The predicted octanol–water partition coefficient (Wildman–Crippen LogP) is 3.46. The zero-order valence-corrected chi connectivity index (χ0v) is 15.4. The van der Waals surface area contributed by atoms with Crippen LogP contribution in [-0.2, 0) is 19.1 Å². The second kappa shape index (κ2) is 8.41. The summed E-state index contributed by atoms with van der Waals surface area (Å²) in [6.45, 7) is -0.597. The Kier molecular flexibility index (Phi) is 5.98. The minimum atomic E-state index is -0.712. The van der Waals surface area contributed by atoms with E-state index in [-0.39, 0.29) is 23.0 Å². The van der Waals surface area contributed by atoms with E-state index in [0.717, 1.165) is 11.0 Å². The molecule has 9 heteroatoms. The van der Waals surface area contributed by atoms with E-state index in [9.17, 15) is 18.8 Å². The van der Waals surface area contributed by atoms with Gasteiger partial charge in [0.25, 0.3) is 5.91 Å². The maximum atomic E-state index is 13.6. The fourth-order valence-corrected chi connectivity index (χ4v) is 3.63. The number of esters is 1. The maximum absolute atomic E-state index is 13.6. The molecule has 1 heterocycles. The number of hydrogen-bond donors (Lipinski definition) is 2. The molecule has 0 aliphatic carbocycles. The van der Waals surface area contributed by atoms with Gasteiger partial charge in [-0.1, -0.05) is 23.7 Å². The molecule has 2 N–H and O–H groups in total. The minimum Gasteiger partial charge on any atom is -0.456 e. The highest BCUT2D eigenvalue weighted by molar-refractivity contribution is 8.01. The molecule has 2 aromatic rings. The van der Waals surface area contributed by atoms with Crippen LogP contribution in [0.3, 0.4) is 0 Å². The number of carbonyl (C=O) groups is 3. The number of halogens is 2. The van der Waals surface area contributed by atoms with E-state index in [1.165, 1.54) is 23.9 Å². The van der Waals surface area contributed by atoms with E-state index >= 15 is 0 Å². The van der Waals surface area contributed by atoms with E-state index in [1.807, 2.05) is 12.1 Å². The smallest absolute Gasteiger partial charge is 0.307 e. The first-order valence-corrected chi connectivity index (χ1v) is 9.15. The molecule has 0 bridgehead atoms. The summed E-state index contributed by atoms with van der Waals surface area (Å²) in [7, 11) is 0. The molecule has 27 heavy (non-hydrogen) atoms. The molecule has 6 nitrogen and oxygen atoms in total. The molecule has 0 spiro atoms. The lowest BCUT2D eigenvalue weighted by Crippen LogP contribution is -2.32. The topological polar surface area (TPSA) is 84.5 Å². The first-order chi connectivity index (χ1) is 12.9.